The van der Waals surface area contributed by atoms with E-state index in [1.54, 1.807) is 18.2 Å². The van der Waals surface area contributed by atoms with Crippen molar-refractivity contribution in [3.05, 3.63) is 70.2 Å². The van der Waals surface area contributed by atoms with E-state index in [4.69, 9.17) is 27.9 Å². The largest absolute Gasteiger partial charge is 0.457 e. The molecule has 25 heavy (non-hydrogen) atoms. The molecule has 0 aliphatic heterocycles. The fourth-order valence-electron chi connectivity index (χ4n) is 2.58. The molecule has 3 aromatic carbocycles. The third kappa shape index (κ3) is 3.89. The number of carbonyl (C=O) groups excluding carboxylic acids is 1. The molecule has 0 spiro atoms. The van der Waals surface area contributed by atoms with Crippen molar-refractivity contribution in [2.75, 3.05) is 0 Å². The molecule has 0 heterocycles. The molecule has 0 unspecified atom stereocenters. The Morgan fingerprint density at radius 3 is 2.40 bits per heavy atom. The average Bonchev–Trinajstić information content (AvgIpc) is 2.57. The fraction of sp³-hybridized carbons (Fsp3) is 0.150. The predicted molar refractivity (Wildman–Crippen MR) is 103 cm³/mol. The van der Waals surface area contributed by atoms with E-state index in [0.29, 0.717) is 27.1 Å². The van der Waals surface area contributed by atoms with Gasteiger partial charge in [-0.1, -0.05) is 47.5 Å². The fourth-order valence-corrected chi connectivity index (χ4v) is 2.86. The lowest BCUT2D eigenvalue weighted by atomic mass is 10.0. The highest BCUT2D eigenvalue weighted by molar-refractivity contribution is 6.42. The molecule has 0 bridgehead atoms. The number of benzene rings is 3. The van der Waals surface area contributed by atoms with E-state index < -0.39 is 0 Å². The zero-order valence-corrected chi connectivity index (χ0v) is 15.4. The van der Waals surface area contributed by atoms with Crippen molar-refractivity contribution in [1.29, 1.82) is 0 Å². The maximum absolute atomic E-state index is 12.4. The van der Waals surface area contributed by atoms with Gasteiger partial charge in [-0.05, 0) is 43.5 Å². The van der Waals surface area contributed by atoms with Crippen LogP contribution in [0.2, 0.25) is 10.0 Å². The van der Waals surface area contributed by atoms with Gasteiger partial charge in [-0.25, -0.2) is 0 Å². The molecule has 5 heteroatoms. The Kier molecular flexibility index (Phi) is 5.16. The molecule has 3 nitrogen and oxygen atoms in total. The monoisotopic (exact) mass is 373 g/mol. The lowest BCUT2D eigenvalue weighted by Gasteiger charge is -2.13. The number of carbonyl (C=O) groups is 1. The zero-order valence-electron chi connectivity index (χ0n) is 13.8. The lowest BCUT2D eigenvalue weighted by molar-refractivity contribution is 0.0945. The zero-order chi connectivity index (χ0) is 18.0. The summed E-state index contributed by atoms with van der Waals surface area (Å²) in [6, 6.07) is 16.4. The first-order valence-corrected chi connectivity index (χ1v) is 8.67. The van der Waals surface area contributed by atoms with Gasteiger partial charge in [-0.3, -0.25) is 4.79 Å². The van der Waals surface area contributed by atoms with Gasteiger partial charge >= 0.3 is 0 Å². The molecule has 128 valence electrons. The maximum atomic E-state index is 12.4. The van der Waals surface area contributed by atoms with E-state index in [-0.39, 0.29) is 11.9 Å². The average molecular weight is 374 g/mol. The first-order valence-electron chi connectivity index (χ1n) is 7.91. The molecule has 0 fully saturated rings. The molecule has 0 saturated carbocycles. The van der Waals surface area contributed by atoms with Gasteiger partial charge < -0.3 is 10.1 Å². The van der Waals surface area contributed by atoms with Gasteiger partial charge in [-0.15, -0.1) is 0 Å². The molecule has 0 aromatic heterocycles. The number of hydrogen-bond donors (Lipinski definition) is 1. The summed E-state index contributed by atoms with van der Waals surface area (Å²) in [7, 11) is 0. The second-order valence-electron chi connectivity index (χ2n) is 5.96. The van der Waals surface area contributed by atoms with Crippen molar-refractivity contribution in [2.24, 2.45) is 0 Å². The van der Waals surface area contributed by atoms with Crippen LogP contribution in [-0.4, -0.2) is 11.9 Å². The summed E-state index contributed by atoms with van der Waals surface area (Å²) in [5, 5.41) is 5.50. The van der Waals surface area contributed by atoms with Crippen LogP contribution >= 0.6 is 23.2 Å². The summed E-state index contributed by atoms with van der Waals surface area (Å²) >= 11 is 12.0. The minimum absolute atomic E-state index is 0.0680. The Balaban J connectivity index is 2.02. The number of amides is 1. The van der Waals surface area contributed by atoms with Crippen LogP contribution in [-0.2, 0) is 0 Å². The Morgan fingerprint density at radius 2 is 1.68 bits per heavy atom. The Bertz CT molecular complexity index is 938. The van der Waals surface area contributed by atoms with Crippen LogP contribution in [0.5, 0.6) is 11.5 Å². The molecular formula is C20H17Cl2NO2. The molecule has 1 amide bonds. The molecule has 0 atom stereocenters. The van der Waals surface area contributed by atoms with Crippen LogP contribution in [0.1, 0.15) is 24.2 Å². The van der Waals surface area contributed by atoms with Gasteiger partial charge in [-0.2, -0.15) is 0 Å². The minimum Gasteiger partial charge on any atom is -0.457 e. The van der Waals surface area contributed by atoms with Crippen molar-refractivity contribution in [3.63, 3.8) is 0 Å². The highest BCUT2D eigenvalue weighted by Crippen LogP contribution is 2.34. The van der Waals surface area contributed by atoms with Crippen LogP contribution in [0, 0.1) is 0 Å². The number of rotatable bonds is 4. The maximum Gasteiger partial charge on any atom is 0.252 e. The molecule has 0 radical (unpaired) electrons. The van der Waals surface area contributed by atoms with E-state index in [1.807, 2.05) is 50.2 Å². The van der Waals surface area contributed by atoms with Gasteiger partial charge in [0, 0.05) is 23.1 Å². The number of ether oxygens (including phenoxy) is 1. The van der Waals surface area contributed by atoms with E-state index in [2.05, 4.69) is 5.32 Å². The molecule has 3 rings (SSSR count). The molecule has 0 saturated heterocycles. The summed E-state index contributed by atoms with van der Waals surface area (Å²) in [4.78, 5) is 12.4. The Hall–Kier alpha value is -2.23. The second kappa shape index (κ2) is 7.34. The second-order valence-corrected chi connectivity index (χ2v) is 6.78. The van der Waals surface area contributed by atoms with Gasteiger partial charge in [0.1, 0.15) is 11.5 Å². The van der Waals surface area contributed by atoms with Crippen molar-refractivity contribution >= 4 is 39.9 Å². The number of halogens is 2. The van der Waals surface area contributed by atoms with Crippen LogP contribution < -0.4 is 10.1 Å². The van der Waals surface area contributed by atoms with E-state index >= 15 is 0 Å². The van der Waals surface area contributed by atoms with Crippen LogP contribution in [0.25, 0.3) is 10.8 Å². The Labute approximate surface area is 156 Å². The Morgan fingerprint density at radius 1 is 0.960 bits per heavy atom. The molecule has 3 aromatic rings. The summed E-state index contributed by atoms with van der Waals surface area (Å²) in [6.45, 7) is 3.86. The summed E-state index contributed by atoms with van der Waals surface area (Å²) in [5.74, 6) is 1.13. The molecular weight excluding hydrogens is 357 g/mol. The smallest absolute Gasteiger partial charge is 0.252 e. The van der Waals surface area contributed by atoms with Crippen molar-refractivity contribution in [1.82, 2.24) is 5.32 Å². The molecule has 0 aliphatic carbocycles. The van der Waals surface area contributed by atoms with Crippen LogP contribution in [0.15, 0.2) is 54.6 Å². The highest BCUT2D eigenvalue weighted by Gasteiger charge is 2.13. The third-order valence-electron chi connectivity index (χ3n) is 3.67. The number of hydrogen-bond acceptors (Lipinski definition) is 2. The quantitative estimate of drug-likeness (QED) is 0.601. The summed E-state index contributed by atoms with van der Waals surface area (Å²) in [5.41, 5.74) is 0.616. The first-order chi connectivity index (χ1) is 12.0. The SMILES string of the molecule is CC(C)NC(=O)c1cccc2c(Oc3ccc(Cl)c(Cl)c3)cccc12. The van der Waals surface area contributed by atoms with Crippen LogP contribution in [0.4, 0.5) is 0 Å². The minimum atomic E-state index is -0.104. The third-order valence-corrected chi connectivity index (χ3v) is 4.40. The van der Waals surface area contributed by atoms with Crippen molar-refractivity contribution in [3.8, 4) is 11.5 Å². The van der Waals surface area contributed by atoms with Gasteiger partial charge in [0.2, 0.25) is 0 Å². The predicted octanol–water partition coefficient (Wildman–Crippen LogP) is 6.08. The van der Waals surface area contributed by atoms with E-state index in [1.165, 1.54) is 0 Å². The van der Waals surface area contributed by atoms with Gasteiger partial charge in [0.25, 0.3) is 5.91 Å². The standard InChI is InChI=1S/C20H17Cl2NO2/c1-12(2)23-20(24)16-7-3-6-15-14(16)5-4-8-19(15)25-13-9-10-17(21)18(22)11-13/h3-12H,1-2H3,(H,23,24). The van der Waals surface area contributed by atoms with Crippen molar-refractivity contribution in [2.45, 2.75) is 19.9 Å². The molecule has 0 aliphatic rings. The summed E-state index contributed by atoms with van der Waals surface area (Å²) in [6.07, 6.45) is 0. The lowest BCUT2D eigenvalue weighted by Crippen LogP contribution is -2.30. The van der Waals surface area contributed by atoms with Crippen LogP contribution in [0.3, 0.4) is 0 Å². The van der Waals surface area contributed by atoms with Gasteiger partial charge in [0.15, 0.2) is 0 Å². The molecule has 1 N–H and O–H groups in total. The van der Waals surface area contributed by atoms with E-state index in [9.17, 15) is 4.79 Å². The number of nitrogens with one attached hydrogen (secondary N) is 1. The first kappa shape index (κ1) is 17.6. The van der Waals surface area contributed by atoms with Gasteiger partial charge in [0.05, 0.1) is 10.0 Å². The van der Waals surface area contributed by atoms with Crippen molar-refractivity contribution < 1.29 is 9.53 Å². The van der Waals surface area contributed by atoms with E-state index in [0.717, 1.165) is 10.8 Å². The highest BCUT2D eigenvalue weighted by atomic mass is 35.5. The number of fused-ring (bicyclic) bond motifs is 1. The normalized spacial score (nSPS) is 10.9. The summed E-state index contributed by atoms with van der Waals surface area (Å²) < 4.78 is 5.97. The topological polar surface area (TPSA) is 38.3 Å².